The minimum absolute atomic E-state index is 0.136. The van der Waals surface area contributed by atoms with Crippen molar-refractivity contribution in [2.45, 2.75) is 32.4 Å². The summed E-state index contributed by atoms with van der Waals surface area (Å²) in [5, 5.41) is 6.58. The predicted molar refractivity (Wildman–Crippen MR) is 114 cm³/mol. The normalized spacial score (nSPS) is 15.7. The number of nitrogens with zero attached hydrogens (tertiary/aromatic N) is 1. The summed E-state index contributed by atoms with van der Waals surface area (Å²) in [5.74, 6) is 0.859. The average molecular weight is 387 g/mol. The first-order valence-corrected chi connectivity index (χ1v) is 9.96. The van der Waals surface area contributed by atoms with E-state index < -0.39 is 0 Å². The van der Waals surface area contributed by atoms with E-state index in [2.05, 4.69) is 40.7 Å². The summed E-state index contributed by atoms with van der Waals surface area (Å²) in [7, 11) is 0. The molecule has 3 aromatic rings. The number of carbonyl (C=O) groups is 1. The molecule has 1 aliphatic heterocycles. The quantitative estimate of drug-likeness (QED) is 0.669. The highest BCUT2D eigenvalue weighted by Crippen LogP contribution is 2.32. The maximum Gasteiger partial charge on any atom is 0.255 e. The fourth-order valence-electron chi connectivity index (χ4n) is 3.55. The highest BCUT2D eigenvalue weighted by molar-refractivity contribution is 6.04. The molecular weight excluding hydrogens is 362 g/mol. The third kappa shape index (κ3) is 4.81. The maximum atomic E-state index is 12.2. The van der Waals surface area contributed by atoms with Crippen molar-refractivity contribution in [1.29, 1.82) is 0 Å². The highest BCUT2D eigenvalue weighted by Gasteiger charge is 2.19. The molecule has 2 N–H and O–H groups in total. The van der Waals surface area contributed by atoms with Gasteiger partial charge in [-0.15, -0.1) is 0 Å². The Kier molecular flexibility index (Phi) is 5.86. The monoisotopic (exact) mass is 387 g/mol. The first-order valence-electron chi connectivity index (χ1n) is 9.96. The largest absolute Gasteiger partial charge is 0.493 e. The van der Waals surface area contributed by atoms with Crippen molar-refractivity contribution in [1.82, 2.24) is 10.3 Å². The van der Waals surface area contributed by atoms with Crippen molar-refractivity contribution in [2.75, 3.05) is 11.9 Å². The summed E-state index contributed by atoms with van der Waals surface area (Å²) in [4.78, 5) is 16.2. The van der Waals surface area contributed by atoms with Crippen molar-refractivity contribution in [3.63, 3.8) is 0 Å². The Morgan fingerprint density at radius 2 is 1.90 bits per heavy atom. The van der Waals surface area contributed by atoms with Gasteiger partial charge < -0.3 is 15.4 Å². The molecule has 0 fully saturated rings. The Labute approximate surface area is 171 Å². The number of carbonyl (C=O) groups excluding carboxylic acids is 1. The molecule has 1 aliphatic rings. The number of pyridine rings is 1. The van der Waals surface area contributed by atoms with E-state index >= 15 is 0 Å². The van der Waals surface area contributed by atoms with Gasteiger partial charge in [-0.05, 0) is 61.2 Å². The van der Waals surface area contributed by atoms with E-state index in [1.807, 2.05) is 24.3 Å². The summed E-state index contributed by atoms with van der Waals surface area (Å²) in [5.41, 5.74) is 4.99. The number of rotatable bonds is 5. The summed E-state index contributed by atoms with van der Waals surface area (Å²) < 4.78 is 5.92. The van der Waals surface area contributed by atoms with E-state index in [1.54, 1.807) is 24.5 Å². The number of hydrogen-bond donors (Lipinski definition) is 2. The van der Waals surface area contributed by atoms with Crippen LogP contribution in [0.2, 0.25) is 0 Å². The number of hydrogen-bond acceptors (Lipinski definition) is 4. The van der Waals surface area contributed by atoms with E-state index in [4.69, 9.17) is 4.74 Å². The van der Waals surface area contributed by atoms with Crippen LogP contribution in [0.4, 0.5) is 5.69 Å². The van der Waals surface area contributed by atoms with Crippen LogP contribution in [0.25, 0.3) is 0 Å². The third-order valence-corrected chi connectivity index (χ3v) is 5.15. The lowest BCUT2D eigenvalue weighted by molar-refractivity contribution is 0.102. The van der Waals surface area contributed by atoms with Gasteiger partial charge in [0, 0.05) is 41.8 Å². The van der Waals surface area contributed by atoms with Gasteiger partial charge in [0.25, 0.3) is 5.91 Å². The van der Waals surface area contributed by atoms with Crippen LogP contribution in [0.5, 0.6) is 5.75 Å². The predicted octanol–water partition coefficient (Wildman–Crippen LogP) is 4.65. The number of benzene rings is 2. The summed E-state index contributed by atoms with van der Waals surface area (Å²) in [6, 6.07) is 18.1. The molecule has 2 heterocycles. The molecule has 0 saturated heterocycles. The molecule has 0 bridgehead atoms. The van der Waals surface area contributed by atoms with E-state index in [1.165, 1.54) is 16.7 Å². The first-order chi connectivity index (χ1) is 14.2. The van der Waals surface area contributed by atoms with Gasteiger partial charge in [0.05, 0.1) is 6.61 Å². The second kappa shape index (κ2) is 8.88. The fourth-order valence-corrected chi connectivity index (χ4v) is 3.55. The van der Waals surface area contributed by atoms with Crippen LogP contribution in [0.3, 0.4) is 0 Å². The lowest BCUT2D eigenvalue weighted by atomic mass is 10.0. The van der Waals surface area contributed by atoms with Crippen molar-refractivity contribution in [3.8, 4) is 5.75 Å². The Morgan fingerprint density at radius 1 is 1.10 bits per heavy atom. The molecule has 5 heteroatoms. The lowest BCUT2D eigenvalue weighted by Crippen LogP contribution is -2.20. The minimum Gasteiger partial charge on any atom is -0.493 e. The Morgan fingerprint density at radius 3 is 2.69 bits per heavy atom. The van der Waals surface area contributed by atoms with E-state index in [9.17, 15) is 4.79 Å². The van der Waals surface area contributed by atoms with E-state index in [-0.39, 0.29) is 11.9 Å². The minimum atomic E-state index is -0.136. The van der Waals surface area contributed by atoms with Gasteiger partial charge in [-0.1, -0.05) is 24.3 Å². The van der Waals surface area contributed by atoms with Crippen molar-refractivity contribution >= 4 is 11.6 Å². The topological polar surface area (TPSA) is 63.2 Å². The second-order valence-electron chi connectivity index (χ2n) is 7.35. The summed E-state index contributed by atoms with van der Waals surface area (Å²) in [6.07, 6.45) is 5.31. The Bertz CT molecular complexity index is 971. The number of anilines is 1. The second-order valence-corrected chi connectivity index (χ2v) is 7.35. The van der Waals surface area contributed by atoms with Gasteiger partial charge in [-0.25, -0.2) is 0 Å². The Balaban J connectivity index is 1.38. The third-order valence-electron chi connectivity index (χ3n) is 5.15. The molecule has 1 unspecified atom stereocenters. The smallest absolute Gasteiger partial charge is 0.255 e. The van der Waals surface area contributed by atoms with Gasteiger partial charge in [0.1, 0.15) is 5.75 Å². The molecule has 5 nitrogen and oxygen atoms in total. The lowest BCUT2D eigenvalue weighted by Gasteiger charge is -2.19. The Hall–Kier alpha value is -3.18. The average Bonchev–Trinajstić information content (AvgIpc) is 2.95. The standard InChI is InChI=1S/C24H25N3O2/c1-17-4-9-21-22(3-2-14-29-23(21)15-17)26-16-18-5-7-20(8-6-18)27-24(28)19-10-12-25-13-11-19/h4-13,15,22,26H,2-3,14,16H2,1H3,(H,27,28). The SMILES string of the molecule is Cc1ccc2c(c1)OCCCC2NCc1ccc(NC(=O)c2ccncc2)cc1. The zero-order chi connectivity index (χ0) is 20.1. The molecule has 0 spiro atoms. The van der Waals surface area contributed by atoms with Crippen LogP contribution in [0.1, 0.15) is 45.9 Å². The number of ether oxygens (including phenoxy) is 1. The van der Waals surface area contributed by atoms with Crippen LogP contribution in [0.15, 0.2) is 67.0 Å². The zero-order valence-electron chi connectivity index (χ0n) is 16.5. The molecule has 0 aliphatic carbocycles. The van der Waals surface area contributed by atoms with Crippen LogP contribution < -0.4 is 15.4 Å². The summed E-state index contributed by atoms with van der Waals surface area (Å²) >= 11 is 0. The molecule has 1 atom stereocenters. The number of fused-ring (bicyclic) bond motifs is 1. The van der Waals surface area contributed by atoms with Crippen LogP contribution in [-0.2, 0) is 6.54 Å². The molecule has 148 valence electrons. The van der Waals surface area contributed by atoms with Crippen LogP contribution in [0, 0.1) is 6.92 Å². The molecule has 29 heavy (non-hydrogen) atoms. The van der Waals surface area contributed by atoms with Gasteiger partial charge >= 0.3 is 0 Å². The fraction of sp³-hybridized carbons (Fsp3) is 0.250. The first kappa shape index (κ1) is 19.2. The molecule has 2 aromatic carbocycles. The van der Waals surface area contributed by atoms with Gasteiger partial charge in [-0.2, -0.15) is 0 Å². The van der Waals surface area contributed by atoms with Crippen LogP contribution in [-0.4, -0.2) is 17.5 Å². The molecule has 4 rings (SSSR count). The maximum absolute atomic E-state index is 12.2. The number of amides is 1. The highest BCUT2D eigenvalue weighted by atomic mass is 16.5. The number of aromatic nitrogens is 1. The molecule has 1 aromatic heterocycles. The molecule has 0 radical (unpaired) electrons. The number of nitrogens with one attached hydrogen (secondary N) is 2. The van der Waals surface area contributed by atoms with Gasteiger partial charge in [0.15, 0.2) is 0 Å². The van der Waals surface area contributed by atoms with Gasteiger partial charge in [0.2, 0.25) is 0 Å². The van der Waals surface area contributed by atoms with Crippen molar-refractivity contribution in [3.05, 3.63) is 89.2 Å². The molecule has 0 saturated carbocycles. The molecule has 1 amide bonds. The number of aryl methyl sites for hydroxylation is 1. The van der Waals surface area contributed by atoms with Crippen molar-refractivity contribution in [2.24, 2.45) is 0 Å². The van der Waals surface area contributed by atoms with Gasteiger partial charge in [-0.3, -0.25) is 9.78 Å². The van der Waals surface area contributed by atoms with E-state index in [0.29, 0.717) is 5.56 Å². The van der Waals surface area contributed by atoms with Crippen molar-refractivity contribution < 1.29 is 9.53 Å². The van der Waals surface area contributed by atoms with Crippen LogP contribution >= 0.6 is 0 Å². The zero-order valence-corrected chi connectivity index (χ0v) is 16.5. The molecular formula is C24H25N3O2. The van der Waals surface area contributed by atoms with E-state index in [0.717, 1.165) is 37.4 Å². The summed E-state index contributed by atoms with van der Waals surface area (Å²) in [6.45, 7) is 3.61.